The first kappa shape index (κ1) is 29.4. The summed E-state index contributed by atoms with van der Waals surface area (Å²) >= 11 is 1.29. The summed E-state index contributed by atoms with van der Waals surface area (Å²) in [5, 5.41) is 5.56. The summed E-state index contributed by atoms with van der Waals surface area (Å²) in [6, 6.07) is 23.5. The molecule has 8 heteroatoms. The van der Waals surface area contributed by atoms with E-state index in [2.05, 4.69) is 24.5 Å². The number of hydrogen-bond acceptors (Lipinski definition) is 6. The Balaban J connectivity index is 1.70. The third kappa shape index (κ3) is 9.57. The van der Waals surface area contributed by atoms with Gasteiger partial charge in [-0.05, 0) is 66.4 Å². The van der Waals surface area contributed by atoms with Crippen molar-refractivity contribution in [3.05, 3.63) is 101 Å². The maximum Gasteiger partial charge on any atom is 0.313 e. The summed E-state index contributed by atoms with van der Waals surface area (Å²) in [5.74, 6) is -1.10. The van der Waals surface area contributed by atoms with E-state index in [4.69, 9.17) is 4.74 Å². The number of hydrogen-bond donors (Lipinski definition) is 2. The molecule has 0 heterocycles. The third-order valence-electron chi connectivity index (χ3n) is 5.60. The first-order valence-corrected chi connectivity index (χ1v) is 13.6. The molecule has 0 spiro atoms. The minimum absolute atomic E-state index is 0.101. The van der Waals surface area contributed by atoms with Gasteiger partial charge in [0.1, 0.15) is 12.1 Å². The molecular formula is C31H32N2O5S. The number of nitrogens with one attached hydrogen (secondary N) is 2. The molecule has 0 saturated heterocycles. The lowest BCUT2D eigenvalue weighted by Crippen LogP contribution is -2.30. The molecule has 0 aromatic heterocycles. The first-order chi connectivity index (χ1) is 18.7. The molecule has 39 heavy (non-hydrogen) atoms. The molecular weight excluding hydrogens is 512 g/mol. The number of carbonyl (C=O) groups excluding carboxylic acids is 4. The molecule has 7 nitrogen and oxygen atoms in total. The second-order valence-electron chi connectivity index (χ2n) is 8.99. The van der Waals surface area contributed by atoms with Crippen molar-refractivity contribution in [3.8, 4) is 0 Å². The van der Waals surface area contributed by atoms with Gasteiger partial charge in [-0.2, -0.15) is 0 Å². The molecule has 0 radical (unpaired) electrons. The maximum absolute atomic E-state index is 13.2. The molecule has 0 atom stereocenters. The van der Waals surface area contributed by atoms with Crippen LogP contribution in [0.5, 0.6) is 0 Å². The van der Waals surface area contributed by atoms with Crippen molar-refractivity contribution in [1.82, 2.24) is 5.32 Å². The summed E-state index contributed by atoms with van der Waals surface area (Å²) in [6.07, 6.45) is 1.39. The lowest BCUT2D eigenvalue weighted by Gasteiger charge is -2.12. The minimum Gasteiger partial charge on any atom is -0.466 e. The van der Waals surface area contributed by atoms with Gasteiger partial charge in [-0.25, -0.2) is 0 Å². The Morgan fingerprint density at radius 1 is 0.897 bits per heavy atom. The number of ketones is 1. The Kier molecular flexibility index (Phi) is 11.1. The van der Waals surface area contributed by atoms with Crippen LogP contribution in [0.4, 0.5) is 5.69 Å². The van der Waals surface area contributed by atoms with E-state index in [1.165, 1.54) is 17.3 Å². The second kappa shape index (κ2) is 14.7. The van der Waals surface area contributed by atoms with Gasteiger partial charge < -0.3 is 15.4 Å². The highest BCUT2D eigenvalue weighted by atomic mass is 32.2. The van der Waals surface area contributed by atoms with Crippen LogP contribution in [0, 0.1) is 0 Å². The fourth-order valence-electron chi connectivity index (χ4n) is 3.51. The van der Waals surface area contributed by atoms with E-state index >= 15 is 0 Å². The van der Waals surface area contributed by atoms with Crippen molar-refractivity contribution < 1.29 is 23.9 Å². The van der Waals surface area contributed by atoms with Gasteiger partial charge in [0.15, 0.2) is 5.78 Å². The van der Waals surface area contributed by atoms with E-state index in [0.29, 0.717) is 17.2 Å². The van der Waals surface area contributed by atoms with Crippen molar-refractivity contribution in [2.75, 3.05) is 17.7 Å². The monoisotopic (exact) mass is 544 g/mol. The predicted molar refractivity (Wildman–Crippen MR) is 154 cm³/mol. The Bertz CT molecular complexity index is 1320. The number of benzene rings is 3. The van der Waals surface area contributed by atoms with Gasteiger partial charge in [-0.1, -0.05) is 56.3 Å². The quantitative estimate of drug-likeness (QED) is 0.129. The lowest BCUT2D eigenvalue weighted by molar-refractivity contribution is -0.145. The van der Waals surface area contributed by atoms with Crippen LogP contribution >= 0.6 is 11.8 Å². The van der Waals surface area contributed by atoms with Crippen molar-refractivity contribution in [1.29, 1.82) is 0 Å². The van der Waals surface area contributed by atoms with E-state index in [1.54, 1.807) is 61.5 Å². The number of ether oxygens (including phenoxy) is 1. The predicted octanol–water partition coefficient (Wildman–Crippen LogP) is 5.83. The fraction of sp³-hybridized carbons (Fsp3) is 0.226. The zero-order chi connectivity index (χ0) is 28.2. The smallest absolute Gasteiger partial charge is 0.313 e. The molecule has 0 aliphatic heterocycles. The van der Waals surface area contributed by atoms with Crippen LogP contribution in [-0.4, -0.2) is 35.9 Å². The molecule has 2 amide bonds. The van der Waals surface area contributed by atoms with E-state index in [0.717, 1.165) is 10.5 Å². The van der Waals surface area contributed by atoms with Crippen LogP contribution in [0.15, 0.2) is 89.5 Å². The number of Topliss-reactive ketones (excluding diaryl/α,β-unsaturated/α-hetero) is 1. The second-order valence-corrected chi connectivity index (χ2v) is 10.0. The van der Waals surface area contributed by atoms with Crippen LogP contribution in [0.1, 0.15) is 54.6 Å². The molecule has 2 N–H and O–H groups in total. The van der Waals surface area contributed by atoms with E-state index in [1.807, 2.05) is 30.3 Å². The highest BCUT2D eigenvalue weighted by Crippen LogP contribution is 2.22. The summed E-state index contributed by atoms with van der Waals surface area (Å²) in [4.78, 5) is 50.3. The van der Waals surface area contributed by atoms with E-state index < -0.39 is 17.8 Å². The summed E-state index contributed by atoms with van der Waals surface area (Å²) in [5.41, 5.74) is 3.01. The summed E-state index contributed by atoms with van der Waals surface area (Å²) < 4.78 is 4.80. The van der Waals surface area contributed by atoms with Crippen LogP contribution in [0.3, 0.4) is 0 Å². The highest BCUT2D eigenvalue weighted by molar-refractivity contribution is 8.00. The molecule has 3 aromatic carbocycles. The topological polar surface area (TPSA) is 102 Å². The highest BCUT2D eigenvalue weighted by Gasteiger charge is 2.16. The van der Waals surface area contributed by atoms with Gasteiger partial charge >= 0.3 is 5.97 Å². The Morgan fingerprint density at radius 3 is 2.18 bits per heavy atom. The van der Waals surface area contributed by atoms with Gasteiger partial charge in [0, 0.05) is 16.1 Å². The molecule has 0 unspecified atom stereocenters. The van der Waals surface area contributed by atoms with Gasteiger partial charge in [-0.15, -0.1) is 11.8 Å². The van der Waals surface area contributed by atoms with Gasteiger partial charge in [0.05, 0.1) is 12.4 Å². The van der Waals surface area contributed by atoms with Crippen molar-refractivity contribution in [2.45, 2.75) is 38.0 Å². The molecule has 0 bridgehead atoms. The van der Waals surface area contributed by atoms with Crippen LogP contribution in [-0.2, 0) is 19.1 Å². The molecule has 0 aliphatic carbocycles. The minimum atomic E-state index is -0.528. The van der Waals surface area contributed by atoms with Gasteiger partial charge in [0.25, 0.3) is 11.8 Å². The standard InChI is InChI=1S/C31H32N2O5S/c1-4-38-29(35)19-26(34)20-39-27-16-14-25(15-17-27)32-31(37)28(33-30(36)24-8-6-5-7-9-24)18-22-10-12-23(13-11-22)21(2)3/h5-18,21H,4,19-20H2,1-3H3,(H,32,37)(H,33,36)/b28-18-. The van der Waals surface area contributed by atoms with Gasteiger partial charge in [0.2, 0.25) is 0 Å². The summed E-state index contributed by atoms with van der Waals surface area (Å²) in [6.45, 7) is 6.14. The average molecular weight is 545 g/mol. The zero-order valence-corrected chi connectivity index (χ0v) is 23.0. The van der Waals surface area contributed by atoms with E-state index in [9.17, 15) is 19.2 Å². The number of rotatable bonds is 12. The van der Waals surface area contributed by atoms with Gasteiger partial charge in [-0.3, -0.25) is 19.2 Å². The summed E-state index contributed by atoms with van der Waals surface area (Å²) in [7, 11) is 0. The largest absolute Gasteiger partial charge is 0.466 e. The number of esters is 1. The van der Waals surface area contributed by atoms with Crippen LogP contribution in [0.2, 0.25) is 0 Å². The number of thioether (sulfide) groups is 1. The Hall–Kier alpha value is -4.17. The van der Waals surface area contributed by atoms with Crippen LogP contribution in [0.25, 0.3) is 6.08 Å². The molecule has 3 rings (SSSR count). The molecule has 0 saturated carbocycles. The van der Waals surface area contributed by atoms with E-state index in [-0.39, 0.29) is 30.3 Å². The Labute approximate surface area is 233 Å². The van der Waals surface area contributed by atoms with Crippen molar-refractivity contribution in [3.63, 3.8) is 0 Å². The normalized spacial score (nSPS) is 11.1. The molecule has 0 fully saturated rings. The van der Waals surface area contributed by atoms with Crippen LogP contribution < -0.4 is 10.6 Å². The first-order valence-electron chi connectivity index (χ1n) is 12.6. The maximum atomic E-state index is 13.2. The molecule has 0 aliphatic rings. The Morgan fingerprint density at radius 2 is 1.56 bits per heavy atom. The van der Waals surface area contributed by atoms with Crippen molar-refractivity contribution >= 4 is 47.1 Å². The fourth-order valence-corrected chi connectivity index (χ4v) is 4.27. The third-order valence-corrected chi connectivity index (χ3v) is 6.67. The number of amides is 2. The molecule has 202 valence electrons. The zero-order valence-electron chi connectivity index (χ0n) is 22.2. The average Bonchev–Trinajstić information content (AvgIpc) is 2.93. The lowest BCUT2D eigenvalue weighted by atomic mass is 10.0. The molecule has 3 aromatic rings. The number of carbonyl (C=O) groups is 4. The van der Waals surface area contributed by atoms with Crippen molar-refractivity contribution in [2.24, 2.45) is 0 Å². The number of anilines is 1. The SMILES string of the molecule is CCOC(=O)CC(=O)CSc1ccc(NC(=O)/C(=C/c2ccc(C(C)C)cc2)NC(=O)c2ccccc2)cc1.